The van der Waals surface area contributed by atoms with Crippen molar-refractivity contribution in [2.75, 3.05) is 26.9 Å². The van der Waals surface area contributed by atoms with Crippen molar-refractivity contribution < 1.29 is 51.3 Å². The molecule has 4 amide bonds. The third-order valence-electron chi connectivity index (χ3n) is 11.9. The van der Waals surface area contributed by atoms with Gasteiger partial charge in [0.2, 0.25) is 33.6 Å². The largest absolute Gasteiger partial charge is 0.497 e. The fourth-order valence-electron chi connectivity index (χ4n) is 8.33. The predicted octanol–water partition coefficient (Wildman–Crippen LogP) is 3.39. The van der Waals surface area contributed by atoms with Gasteiger partial charge in [0, 0.05) is 23.3 Å². The maximum atomic E-state index is 14.5. The summed E-state index contributed by atoms with van der Waals surface area (Å²) in [6.07, 6.45) is 4.98. The number of aryl methyl sites for hydroxylation is 1. The zero-order chi connectivity index (χ0) is 39.3. The van der Waals surface area contributed by atoms with Crippen molar-refractivity contribution in [1.82, 2.24) is 25.2 Å². The number of hydrogen-bond acceptors (Lipinski definition) is 10. The molecule has 15 nitrogen and oxygen atoms in total. The molecule has 2 aliphatic carbocycles. The maximum absolute atomic E-state index is 14.5. The summed E-state index contributed by atoms with van der Waals surface area (Å²) in [7, 11) is -2.83. The number of aromatic nitrogens is 1. The van der Waals surface area contributed by atoms with Crippen molar-refractivity contribution >= 4 is 44.6 Å². The first kappa shape index (κ1) is 38.6. The van der Waals surface area contributed by atoms with Gasteiger partial charge in [0.05, 0.1) is 20.3 Å². The van der Waals surface area contributed by atoms with E-state index in [1.807, 2.05) is 25.1 Å². The Morgan fingerprint density at radius 1 is 1.18 bits per heavy atom. The summed E-state index contributed by atoms with van der Waals surface area (Å²) >= 11 is 0. The molecular weight excluding hydrogens is 738 g/mol. The molecule has 0 unspecified atom stereocenters. The number of benzene rings is 1. The SMILES string of the molecule is COc1ccc2c(O[C@@H]3C[C@H]4C(=O)N[C@]5(C(=O)NS(=O)(=O)C6(CF)CC6)C[C@H]5C=CCC[C@H](C)C[C@@H](C)[C@H](NC(=O)O)C(=O)N4C3)nc3c(c2c1)CCCO3. The lowest BCUT2D eigenvalue weighted by Gasteiger charge is -2.32. The van der Waals surface area contributed by atoms with Crippen LogP contribution in [0.3, 0.4) is 0 Å². The van der Waals surface area contributed by atoms with E-state index in [2.05, 4.69) is 15.4 Å². The van der Waals surface area contributed by atoms with Gasteiger partial charge in [-0.3, -0.25) is 19.1 Å². The normalized spacial score (nSPS) is 30.3. The number of carbonyl (C=O) groups is 4. The minimum absolute atomic E-state index is 0.0547. The lowest BCUT2D eigenvalue weighted by Crippen LogP contribution is -2.59. The van der Waals surface area contributed by atoms with E-state index in [1.54, 1.807) is 26.2 Å². The van der Waals surface area contributed by atoms with Crippen LogP contribution in [0.5, 0.6) is 17.5 Å². The van der Waals surface area contributed by atoms with Crippen LogP contribution in [-0.4, -0.2) is 103 Å². The number of sulfonamides is 1. The molecule has 2 aromatic rings. The average molecular weight is 786 g/mol. The third kappa shape index (κ3) is 7.38. The lowest BCUT2D eigenvalue weighted by atomic mass is 9.88. The molecule has 7 rings (SSSR count). The van der Waals surface area contributed by atoms with Crippen molar-refractivity contribution in [2.24, 2.45) is 17.8 Å². The van der Waals surface area contributed by atoms with Gasteiger partial charge in [0.25, 0.3) is 5.91 Å². The Morgan fingerprint density at radius 3 is 2.67 bits per heavy atom. The van der Waals surface area contributed by atoms with E-state index in [1.165, 1.54) is 4.90 Å². The van der Waals surface area contributed by atoms with E-state index in [9.17, 15) is 37.1 Å². The predicted molar refractivity (Wildman–Crippen MR) is 197 cm³/mol. The molecule has 1 aromatic carbocycles. The summed E-state index contributed by atoms with van der Waals surface area (Å²) < 4.78 is 58.4. The van der Waals surface area contributed by atoms with Crippen LogP contribution in [0, 0.1) is 17.8 Å². The third-order valence-corrected chi connectivity index (χ3v) is 14.0. The number of nitrogens with one attached hydrogen (secondary N) is 3. The molecule has 5 aliphatic rings. The van der Waals surface area contributed by atoms with Crippen molar-refractivity contribution in [3.8, 4) is 17.5 Å². The van der Waals surface area contributed by atoms with Crippen LogP contribution in [0.1, 0.15) is 70.8 Å². The van der Waals surface area contributed by atoms with Gasteiger partial charge in [-0.05, 0) is 86.8 Å². The molecule has 17 heteroatoms. The van der Waals surface area contributed by atoms with Gasteiger partial charge in [0.1, 0.15) is 40.9 Å². The quantitative estimate of drug-likeness (QED) is 0.286. The fourth-order valence-corrected chi connectivity index (χ4v) is 9.76. The molecule has 0 spiro atoms. The topological polar surface area (TPSA) is 203 Å². The molecule has 7 atom stereocenters. The molecule has 3 aliphatic heterocycles. The number of nitrogens with zero attached hydrogens (tertiary/aromatic N) is 2. The molecule has 55 heavy (non-hydrogen) atoms. The molecule has 0 bridgehead atoms. The Labute approximate surface area is 318 Å². The summed E-state index contributed by atoms with van der Waals surface area (Å²) in [6, 6.07) is 3.03. The highest BCUT2D eigenvalue weighted by Crippen LogP contribution is 2.48. The monoisotopic (exact) mass is 785 g/mol. The smallest absolute Gasteiger partial charge is 0.405 e. The van der Waals surface area contributed by atoms with Gasteiger partial charge in [-0.1, -0.05) is 26.0 Å². The highest BCUT2D eigenvalue weighted by atomic mass is 32.2. The van der Waals surface area contributed by atoms with Gasteiger partial charge in [-0.15, -0.1) is 0 Å². The Hall–Kier alpha value is -4.67. The molecule has 3 fully saturated rings. The molecule has 0 radical (unpaired) electrons. The highest BCUT2D eigenvalue weighted by molar-refractivity contribution is 7.91. The summed E-state index contributed by atoms with van der Waals surface area (Å²) in [6.45, 7) is 3.00. The molecule has 2 saturated carbocycles. The number of halogens is 1. The summed E-state index contributed by atoms with van der Waals surface area (Å²) in [4.78, 5) is 60.8. The number of methoxy groups -OCH3 is 1. The van der Waals surface area contributed by atoms with Crippen molar-refractivity contribution in [3.05, 3.63) is 35.9 Å². The molecule has 4 heterocycles. The van der Waals surface area contributed by atoms with Crippen LogP contribution in [0.15, 0.2) is 30.4 Å². The molecular formula is C38H48FN5O10S. The number of fused-ring (bicyclic) bond motifs is 5. The van der Waals surface area contributed by atoms with Crippen LogP contribution in [-0.2, 0) is 30.8 Å². The highest BCUT2D eigenvalue weighted by Gasteiger charge is 2.64. The van der Waals surface area contributed by atoms with Crippen molar-refractivity contribution in [1.29, 1.82) is 0 Å². The van der Waals surface area contributed by atoms with Gasteiger partial charge in [-0.25, -0.2) is 17.6 Å². The Kier molecular flexibility index (Phi) is 10.4. The van der Waals surface area contributed by atoms with E-state index in [-0.39, 0.29) is 44.0 Å². The second-order valence-electron chi connectivity index (χ2n) is 15.8. The van der Waals surface area contributed by atoms with Crippen LogP contribution >= 0.6 is 0 Å². The average Bonchev–Trinajstić information content (AvgIpc) is 4.06. The number of pyridine rings is 1. The second kappa shape index (κ2) is 14.8. The minimum Gasteiger partial charge on any atom is -0.497 e. The summed E-state index contributed by atoms with van der Waals surface area (Å²) in [5.41, 5.74) is -0.768. The second-order valence-corrected chi connectivity index (χ2v) is 17.9. The number of carbonyl (C=O) groups excluding carboxylic acids is 3. The van der Waals surface area contributed by atoms with E-state index >= 15 is 0 Å². The van der Waals surface area contributed by atoms with Crippen molar-refractivity contribution in [2.45, 2.75) is 100 Å². The van der Waals surface area contributed by atoms with Gasteiger partial charge >= 0.3 is 6.09 Å². The standard InChI is InChI=1S/C38H48FN5O10S/c1-21-7-4-5-8-23-18-38(23,35(47)43-55(50,51)37(20-39)12-13-37)42-31(45)29-17-25(19-44(29)34(46)30(22(2)15-21)40-36(48)49)54-33-27-11-10-24(52-3)16-28(27)26-9-6-14-53-32(26)41-33/h5,8,10-11,16,21-23,25,29-30,40H,4,6-7,9,12-15,17-20H2,1-3H3,(H,42,45)(H,43,47)(H,48,49)/t21-,22+,23+,25+,29-,30-,38+/m0/s1. The van der Waals surface area contributed by atoms with E-state index in [4.69, 9.17) is 19.2 Å². The molecule has 1 saturated heterocycles. The molecule has 4 N–H and O–H groups in total. The number of ether oxygens (including phenoxy) is 3. The maximum Gasteiger partial charge on any atom is 0.405 e. The van der Waals surface area contributed by atoms with Gasteiger partial charge < -0.3 is 34.9 Å². The number of hydrogen-bond donors (Lipinski definition) is 4. The fraction of sp³-hybridized carbons (Fsp3) is 0.605. The Morgan fingerprint density at radius 2 is 1.96 bits per heavy atom. The van der Waals surface area contributed by atoms with Gasteiger partial charge in [-0.2, -0.15) is 4.98 Å². The zero-order valence-electron chi connectivity index (χ0n) is 31.1. The van der Waals surface area contributed by atoms with Crippen LogP contribution in [0.25, 0.3) is 10.8 Å². The first-order chi connectivity index (χ1) is 26.2. The summed E-state index contributed by atoms with van der Waals surface area (Å²) in [5, 5.41) is 16.5. The Bertz CT molecular complexity index is 2020. The number of rotatable bonds is 8. The van der Waals surface area contributed by atoms with E-state index in [0.717, 1.165) is 23.8 Å². The number of alkyl halides is 1. The van der Waals surface area contributed by atoms with Crippen LogP contribution < -0.4 is 29.6 Å². The van der Waals surface area contributed by atoms with Crippen molar-refractivity contribution in [3.63, 3.8) is 0 Å². The Balaban J connectivity index is 1.23. The van der Waals surface area contributed by atoms with E-state index < -0.39 is 80.8 Å². The van der Waals surface area contributed by atoms with Crippen LogP contribution in [0.4, 0.5) is 9.18 Å². The zero-order valence-corrected chi connectivity index (χ0v) is 32.0. The number of allylic oxidation sites excluding steroid dienone is 1. The van der Waals surface area contributed by atoms with Gasteiger partial charge in [0.15, 0.2) is 0 Å². The minimum atomic E-state index is -4.40. The molecule has 1 aromatic heterocycles. The summed E-state index contributed by atoms with van der Waals surface area (Å²) in [5.74, 6) is -2.02. The lowest BCUT2D eigenvalue weighted by molar-refractivity contribution is -0.142. The molecule has 298 valence electrons. The first-order valence-electron chi connectivity index (χ1n) is 18.9. The first-order valence-corrected chi connectivity index (χ1v) is 20.4. The number of carboxylic acid groups (broad SMARTS) is 1. The number of amides is 4. The van der Waals surface area contributed by atoms with E-state index in [0.29, 0.717) is 42.9 Å². The van der Waals surface area contributed by atoms with Crippen LogP contribution in [0.2, 0.25) is 0 Å².